The molecule has 0 radical (unpaired) electrons. The van der Waals surface area contributed by atoms with E-state index in [2.05, 4.69) is 31.9 Å². The number of benzene rings is 1. The first-order chi connectivity index (χ1) is 9.73. The molecule has 0 spiro atoms. The molecule has 0 saturated heterocycles. The molecule has 0 fully saturated rings. The molecular formula is C13H19Br2NO4S. The number of halogens is 2. The standard InChI is InChI=1S/C13H19Br2NO4S/c1-9(4-6-21(16,17)18)3-5-20-13-8-10(14)12(19-2)7-11(13)15/h7-9H,3-6H2,1-2H3,(H2,16,17,18). The lowest BCUT2D eigenvalue weighted by Gasteiger charge is -2.14. The van der Waals surface area contributed by atoms with Crippen LogP contribution in [0.4, 0.5) is 0 Å². The van der Waals surface area contributed by atoms with E-state index in [-0.39, 0.29) is 11.7 Å². The number of ether oxygens (including phenoxy) is 2. The fourth-order valence-corrected chi connectivity index (χ4v) is 3.31. The Bertz CT molecular complexity index is 578. The fraction of sp³-hybridized carbons (Fsp3) is 0.538. The van der Waals surface area contributed by atoms with Crippen LogP contribution in [0, 0.1) is 5.92 Å². The van der Waals surface area contributed by atoms with Crippen LogP contribution < -0.4 is 14.6 Å². The summed E-state index contributed by atoms with van der Waals surface area (Å²) in [6.45, 7) is 2.48. The Labute approximate surface area is 142 Å². The number of sulfonamides is 1. The van der Waals surface area contributed by atoms with Crippen LogP contribution >= 0.6 is 31.9 Å². The lowest BCUT2D eigenvalue weighted by atomic mass is 10.1. The normalized spacial score (nSPS) is 13.0. The van der Waals surface area contributed by atoms with E-state index < -0.39 is 10.0 Å². The second-order valence-corrected chi connectivity index (χ2v) is 8.26. The van der Waals surface area contributed by atoms with Gasteiger partial charge < -0.3 is 9.47 Å². The van der Waals surface area contributed by atoms with E-state index in [0.717, 1.165) is 21.1 Å². The highest BCUT2D eigenvalue weighted by molar-refractivity contribution is 9.11. The van der Waals surface area contributed by atoms with Crippen LogP contribution in [0.1, 0.15) is 19.8 Å². The fourth-order valence-electron chi connectivity index (χ4n) is 1.66. The van der Waals surface area contributed by atoms with Gasteiger partial charge in [0.15, 0.2) is 0 Å². The molecule has 0 aliphatic rings. The third kappa shape index (κ3) is 6.99. The van der Waals surface area contributed by atoms with E-state index in [0.29, 0.717) is 18.8 Å². The number of methoxy groups -OCH3 is 1. The molecule has 21 heavy (non-hydrogen) atoms. The van der Waals surface area contributed by atoms with Crippen LogP contribution in [-0.4, -0.2) is 27.9 Å². The van der Waals surface area contributed by atoms with Gasteiger partial charge in [0.2, 0.25) is 10.0 Å². The second kappa shape index (κ2) is 8.36. The van der Waals surface area contributed by atoms with Gasteiger partial charge in [-0.2, -0.15) is 0 Å². The van der Waals surface area contributed by atoms with Crippen LogP contribution in [0.2, 0.25) is 0 Å². The first-order valence-electron chi connectivity index (χ1n) is 6.39. The maximum absolute atomic E-state index is 10.9. The van der Waals surface area contributed by atoms with Gasteiger partial charge in [-0.3, -0.25) is 0 Å². The summed E-state index contributed by atoms with van der Waals surface area (Å²) < 4.78 is 34.3. The largest absolute Gasteiger partial charge is 0.496 e. The maximum Gasteiger partial charge on any atom is 0.209 e. The van der Waals surface area contributed by atoms with Crippen LogP contribution in [0.15, 0.2) is 21.1 Å². The Kier molecular flexibility index (Phi) is 7.46. The minimum Gasteiger partial charge on any atom is -0.496 e. The Balaban J connectivity index is 2.47. The number of hydrogen-bond acceptors (Lipinski definition) is 4. The van der Waals surface area contributed by atoms with E-state index in [1.807, 2.05) is 19.1 Å². The molecule has 1 rings (SSSR count). The second-order valence-electron chi connectivity index (χ2n) is 4.82. The van der Waals surface area contributed by atoms with Crippen molar-refractivity contribution in [2.45, 2.75) is 19.8 Å². The van der Waals surface area contributed by atoms with Gasteiger partial charge in [-0.05, 0) is 62.8 Å². The molecule has 1 unspecified atom stereocenters. The van der Waals surface area contributed by atoms with Crippen molar-refractivity contribution >= 4 is 41.9 Å². The van der Waals surface area contributed by atoms with Crippen molar-refractivity contribution in [1.82, 2.24) is 0 Å². The number of hydrogen-bond donors (Lipinski definition) is 1. The van der Waals surface area contributed by atoms with Crippen molar-refractivity contribution in [3.8, 4) is 11.5 Å². The van der Waals surface area contributed by atoms with Gasteiger partial charge >= 0.3 is 0 Å². The summed E-state index contributed by atoms with van der Waals surface area (Å²) in [5, 5.41) is 4.99. The summed E-state index contributed by atoms with van der Waals surface area (Å²) in [6, 6.07) is 3.65. The summed E-state index contributed by atoms with van der Waals surface area (Å²) in [4.78, 5) is 0. The molecule has 120 valence electrons. The van der Waals surface area contributed by atoms with E-state index in [9.17, 15) is 8.42 Å². The molecule has 0 saturated carbocycles. The van der Waals surface area contributed by atoms with Crippen LogP contribution in [-0.2, 0) is 10.0 Å². The average molecular weight is 445 g/mol. The van der Waals surface area contributed by atoms with Gasteiger partial charge in [-0.15, -0.1) is 0 Å². The lowest BCUT2D eigenvalue weighted by Crippen LogP contribution is -2.18. The number of primary sulfonamides is 1. The molecule has 2 N–H and O–H groups in total. The molecule has 0 aromatic heterocycles. The third-order valence-corrected chi connectivity index (χ3v) is 5.01. The molecule has 0 aliphatic carbocycles. The SMILES string of the molecule is COc1cc(Br)c(OCCC(C)CCS(N)(=O)=O)cc1Br. The lowest BCUT2D eigenvalue weighted by molar-refractivity contribution is 0.279. The predicted octanol–water partition coefficient (Wildman–Crippen LogP) is 3.30. The molecule has 0 heterocycles. The van der Waals surface area contributed by atoms with Gasteiger partial charge in [0.25, 0.3) is 0 Å². The molecule has 1 aromatic carbocycles. The smallest absolute Gasteiger partial charge is 0.209 e. The van der Waals surface area contributed by atoms with E-state index >= 15 is 0 Å². The van der Waals surface area contributed by atoms with Gasteiger partial charge in [0.1, 0.15) is 11.5 Å². The monoisotopic (exact) mass is 443 g/mol. The Morgan fingerprint density at radius 1 is 1.19 bits per heavy atom. The minimum absolute atomic E-state index is 0.00590. The van der Waals surface area contributed by atoms with Crippen molar-refractivity contribution in [3.63, 3.8) is 0 Å². The molecule has 5 nitrogen and oxygen atoms in total. The molecule has 1 atom stereocenters. The zero-order valence-electron chi connectivity index (χ0n) is 11.9. The zero-order valence-corrected chi connectivity index (χ0v) is 15.9. The summed E-state index contributed by atoms with van der Waals surface area (Å²) >= 11 is 6.83. The Morgan fingerprint density at radius 3 is 2.33 bits per heavy atom. The van der Waals surface area contributed by atoms with Crippen molar-refractivity contribution in [1.29, 1.82) is 0 Å². The predicted molar refractivity (Wildman–Crippen MR) is 90.3 cm³/mol. The molecule has 1 aromatic rings. The Morgan fingerprint density at radius 2 is 1.76 bits per heavy atom. The van der Waals surface area contributed by atoms with Crippen molar-refractivity contribution in [2.24, 2.45) is 11.1 Å². The van der Waals surface area contributed by atoms with E-state index in [1.165, 1.54) is 0 Å². The molecule has 0 aliphatic heterocycles. The summed E-state index contributed by atoms with van der Waals surface area (Å²) in [5.41, 5.74) is 0. The first-order valence-corrected chi connectivity index (χ1v) is 9.69. The van der Waals surface area contributed by atoms with Gasteiger partial charge in [0.05, 0.1) is 28.4 Å². The van der Waals surface area contributed by atoms with E-state index in [1.54, 1.807) is 7.11 Å². The minimum atomic E-state index is -3.38. The summed E-state index contributed by atoms with van der Waals surface area (Å²) in [7, 11) is -1.79. The topological polar surface area (TPSA) is 78.6 Å². The molecule has 8 heteroatoms. The first kappa shape index (κ1) is 18.7. The van der Waals surface area contributed by atoms with Crippen molar-refractivity contribution in [3.05, 3.63) is 21.1 Å². The number of nitrogens with two attached hydrogens (primary N) is 1. The third-order valence-electron chi connectivity index (χ3n) is 2.97. The van der Waals surface area contributed by atoms with Gasteiger partial charge in [-0.1, -0.05) is 6.92 Å². The quantitative estimate of drug-likeness (QED) is 0.667. The highest BCUT2D eigenvalue weighted by Gasteiger charge is 2.11. The molecule has 0 bridgehead atoms. The van der Waals surface area contributed by atoms with Crippen LogP contribution in [0.25, 0.3) is 0 Å². The Hall–Kier alpha value is -0.310. The zero-order chi connectivity index (χ0) is 16.0. The van der Waals surface area contributed by atoms with Crippen molar-refractivity contribution < 1.29 is 17.9 Å². The molecular weight excluding hydrogens is 426 g/mol. The summed E-state index contributed by atoms with van der Waals surface area (Å²) in [5.74, 6) is 1.66. The van der Waals surface area contributed by atoms with Gasteiger partial charge in [-0.25, -0.2) is 13.6 Å². The number of rotatable bonds is 8. The summed E-state index contributed by atoms with van der Waals surface area (Å²) in [6.07, 6.45) is 1.29. The van der Waals surface area contributed by atoms with E-state index in [4.69, 9.17) is 14.6 Å². The maximum atomic E-state index is 10.9. The molecule has 0 amide bonds. The van der Waals surface area contributed by atoms with Crippen molar-refractivity contribution in [2.75, 3.05) is 19.5 Å². The van der Waals surface area contributed by atoms with Gasteiger partial charge in [0, 0.05) is 0 Å². The average Bonchev–Trinajstić information content (AvgIpc) is 2.39. The highest BCUT2D eigenvalue weighted by Crippen LogP contribution is 2.36. The van der Waals surface area contributed by atoms with Crippen LogP contribution in [0.5, 0.6) is 11.5 Å². The van der Waals surface area contributed by atoms with Crippen LogP contribution in [0.3, 0.4) is 0 Å². The highest BCUT2D eigenvalue weighted by atomic mass is 79.9.